The minimum absolute atomic E-state index is 0.0575. The summed E-state index contributed by atoms with van der Waals surface area (Å²) >= 11 is 0. The first-order valence-electron chi connectivity index (χ1n) is 5.67. The van der Waals surface area contributed by atoms with Crippen LogP contribution in [0.4, 0.5) is 0 Å². The SMILES string of the molecule is CC1COC(CC2CCCCS2(=O)=O)N1. The second kappa shape index (κ2) is 4.39. The molecule has 4 nitrogen and oxygen atoms in total. The number of ether oxygens (including phenoxy) is 1. The Kier molecular flexibility index (Phi) is 3.33. The molecule has 0 aromatic rings. The third-order valence-corrected chi connectivity index (χ3v) is 5.51. The first kappa shape index (κ1) is 11.4. The van der Waals surface area contributed by atoms with E-state index >= 15 is 0 Å². The van der Waals surface area contributed by atoms with Gasteiger partial charge in [-0.05, 0) is 19.8 Å². The lowest BCUT2D eigenvalue weighted by atomic mass is 10.1. The van der Waals surface area contributed by atoms with Crippen molar-refractivity contribution in [2.45, 2.75) is 50.1 Å². The smallest absolute Gasteiger partial charge is 0.153 e. The first-order valence-corrected chi connectivity index (χ1v) is 7.39. The lowest BCUT2D eigenvalue weighted by molar-refractivity contribution is 0.0914. The fraction of sp³-hybridized carbons (Fsp3) is 1.00. The normalized spacial score (nSPS) is 40.5. The van der Waals surface area contributed by atoms with Crippen molar-refractivity contribution in [2.75, 3.05) is 12.4 Å². The van der Waals surface area contributed by atoms with Crippen molar-refractivity contribution in [2.24, 2.45) is 0 Å². The minimum Gasteiger partial charge on any atom is -0.362 e. The largest absolute Gasteiger partial charge is 0.362 e. The van der Waals surface area contributed by atoms with Crippen LogP contribution in [-0.4, -0.2) is 38.3 Å². The molecule has 2 rings (SSSR count). The molecule has 0 aliphatic carbocycles. The van der Waals surface area contributed by atoms with Crippen molar-refractivity contribution in [1.82, 2.24) is 5.32 Å². The molecule has 0 saturated carbocycles. The zero-order chi connectivity index (χ0) is 10.9. The maximum Gasteiger partial charge on any atom is 0.153 e. The van der Waals surface area contributed by atoms with E-state index < -0.39 is 9.84 Å². The van der Waals surface area contributed by atoms with Gasteiger partial charge in [0.25, 0.3) is 0 Å². The molecule has 0 spiro atoms. The van der Waals surface area contributed by atoms with E-state index in [1.54, 1.807) is 0 Å². The molecule has 2 saturated heterocycles. The van der Waals surface area contributed by atoms with E-state index in [0.29, 0.717) is 24.8 Å². The van der Waals surface area contributed by atoms with Crippen molar-refractivity contribution in [3.8, 4) is 0 Å². The van der Waals surface area contributed by atoms with Gasteiger partial charge in [0, 0.05) is 12.5 Å². The molecule has 3 atom stereocenters. The van der Waals surface area contributed by atoms with E-state index in [0.717, 1.165) is 19.3 Å². The molecule has 88 valence electrons. The molecule has 0 aromatic heterocycles. The van der Waals surface area contributed by atoms with Crippen LogP contribution in [0.3, 0.4) is 0 Å². The Balaban J connectivity index is 1.93. The van der Waals surface area contributed by atoms with Crippen LogP contribution in [0.25, 0.3) is 0 Å². The van der Waals surface area contributed by atoms with Gasteiger partial charge in [-0.3, -0.25) is 5.32 Å². The molecule has 15 heavy (non-hydrogen) atoms. The number of hydrogen-bond donors (Lipinski definition) is 1. The zero-order valence-electron chi connectivity index (χ0n) is 9.11. The molecule has 2 heterocycles. The van der Waals surface area contributed by atoms with Crippen LogP contribution in [0, 0.1) is 0 Å². The molecule has 0 radical (unpaired) electrons. The molecule has 2 fully saturated rings. The quantitative estimate of drug-likeness (QED) is 0.762. The van der Waals surface area contributed by atoms with Crippen molar-refractivity contribution in [3.05, 3.63) is 0 Å². The standard InChI is InChI=1S/C10H19NO3S/c1-8-7-14-10(11-8)6-9-4-2-3-5-15(9,12)13/h8-11H,2-7H2,1H3. The summed E-state index contributed by atoms with van der Waals surface area (Å²) in [6.45, 7) is 2.74. The van der Waals surface area contributed by atoms with Crippen LogP contribution >= 0.6 is 0 Å². The molecule has 3 unspecified atom stereocenters. The molecule has 2 aliphatic rings. The lowest BCUT2D eigenvalue weighted by Gasteiger charge is -2.24. The molecule has 0 bridgehead atoms. The van der Waals surface area contributed by atoms with Gasteiger partial charge in [0.15, 0.2) is 9.84 Å². The van der Waals surface area contributed by atoms with Gasteiger partial charge in [0.1, 0.15) is 6.23 Å². The molecule has 0 amide bonds. The second-order valence-corrected chi connectivity index (χ2v) is 7.01. The third kappa shape index (κ3) is 2.71. The monoisotopic (exact) mass is 233 g/mol. The number of rotatable bonds is 2. The van der Waals surface area contributed by atoms with Gasteiger partial charge >= 0.3 is 0 Å². The van der Waals surface area contributed by atoms with Crippen molar-refractivity contribution < 1.29 is 13.2 Å². The van der Waals surface area contributed by atoms with Crippen LogP contribution < -0.4 is 5.32 Å². The molecule has 2 aliphatic heterocycles. The van der Waals surface area contributed by atoms with Gasteiger partial charge in [-0.15, -0.1) is 0 Å². The van der Waals surface area contributed by atoms with Crippen molar-refractivity contribution in [3.63, 3.8) is 0 Å². The summed E-state index contributed by atoms with van der Waals surface area (Å²) in [6, 6.07) is 0.348. The highest BCUT2D eigenvalue weighted by Crippen LogP contribution is 2.24. The fourth-order valence-electron chi connectivity index (χ4n) is 2.33. The maximum absolute atomic E-state index is 11.8. The van der Waals surface area contributed by atoms with Gasteiger partial charge < -0.3 is 4.74 Å². The van der Waals surface area contributed by atoms with E-state index in [9.17, 15) is 8.42 Å². The Hall–Kier alpha value is -0.130. The molecule has 0 aromatic carbocycles. The van der Waals surface area contributed by atoms with Crippen LogP contribution in [0.1, 0.15) is 32.6 Å². The highest BCUT2D eigenvalue weighted by Gasteiger charge is 2.33. The maximum atomic E-state index is 11.8. The Bertz CT molecular complexity index is 315. The molecule has 1 N–H and O–H groups in total. The van der Waals surface area contributed by atoms with Crippen molar-refractivity contribution >= 4 is 9.84 Å². The average molecular weight is 233 g/mol. The van der Waals surface area contributed by atoms with E-state index in [4.69, 9.17) is 4.74 Å². The summed E-state index contributed by atoms with van der Waals surface area (Å²) < 4.78 is 29.0. The Labute approximate surface area is 91.3 Å². The summed E-state index contributed by atoms with van der Waals surface area (Å²) in [5, 5.41) is 3.07. The van der Waals surface area contributed by atoms with Gasteiger partial charge in [0.05, 0.1) is 17.6 Å². The summed E-state index contributed by atoms with van der Waals surface area (Å²) in [4.78, 5) is 0. The molecular formula is C10H19NO3S. The van der Waals surface area contributed by atoms with Gasteiger partial charge in [-0.25, -0.2) is 8.42 Å². The van der Waals surface area contributed by atoms with Crippen LogP contribution in [0.2, 0.25) is 0 Å². The predicted molar refractivity (Wildman–Crippen MR) is 58.4 cm³/mol. The van der Waals surface area contributed by atoms with E-state index in [-0.39, 0.29) is 11.5 Å². The Morgan fingerprint density at radius 1 is 1.40 bits per heavy atom. The summed E-state index contributed by atoms with van der Waals surface area (Å²) in [5.41, 5.74) is 0. The number of nitrogens with one attached hydrogen (secondary N) is 1. The number of hydrogen-bond acceptors (Lipinski definition) is 4. The minimum atomic E-state index is -2.85. The lowest BCUT2D eigenvalue weighted by Crippen LogP contribution is -2.37. The molecular weight excluding hydrogens is 214 g/mol. The van der Waals surface area contributed by atoms with Crippen LogP contribution in [0.5, 0.6) is 0 Å². The average Bonchev–Trinajstić information content (AvgIpc) is 2.55. The fourth-order valence-corrected chi connectivity index (χ4v) is 4.27. The van der Waals surface area contributed by atoms with Crippen molar-refractivity contribution in [1.29, 1.82) is 0 Å². The van der Waals surface area contributed by atoms with E-state index in [2.05, 4.69) is 12.2 Å². The second-order valence-electron chi connectivity index (χ2n) is 4.61. The van der Waals surface area contributed by atoms with E-state index in [1.807, 2.05) is 0 Å². The highest BCUT2D eigenvalue weighted by molar-refractivity contribution is 7.92. The van der Waals surface area contributed by atoms with Crippen LogP contribution in [-0.2, 0) is 14.6 Å². The Morgan fingerprint density at radius 3 is 2.80 bits per heavy atom. The molecule has 5 heteroatoms. The summed E-state index contributed by atoms with van der Waals surface area (Å²) in [6.07, 6.45) is 3.23. The summed E-state index contributed by atoms with van der Waals surface area (Å²) in [7, 11) is -2.85. The first-order chi connectivity index (χ1) is 7.08. The number of sulfone groups is 1. The van der Waals surface area contributed by atoms with Crippen LogP contribution in [0.15, 0.2) is 0 Å². The predicted octanol–water partition coefficient (Wildman–Crippen LogP) is 0.678. The zero-order valence-corrected chi connectivity index (χ0v) is 9.92. The Morgan fingerprint density at radius 2 is 2.20 bits per heavy atom. The topological polar surface area (TPSA) is 55.4 Å². The third-order valence-electron chi connectivity index (χ3n) is 3.21. The highest BCUT2D eigenvalue weighted by atomic mass is 32.2. The van der Waals surface area contributed by atoms with Gasteiger partial charge in [0.2, 0.25) is 0 Å². The summed E-state index contributed by atoms with van der Waals surface area (Å²) in [5.74, 6) is 0.361. The van der Waals surface area contributed by atoms with Gasteiger partial charge in [-0.2, -0.15) is 0 Å². The van der Waals surface area contributed by atoms with E-state index in [1.165, 1.54) is 0 Å². The van der Waals surface area contributed by atoms with Gasteiger partial charge in [-0.1, -0.05) is 6.42 Å².